The van der Waals surface area contributed by atoms with E-state index in [1.807, 2.05) is 13.8 Å². The molecule has 0 aliphatic carbocycles. The summed E-state index contributed by atoms with van der Waals surface area (Å²) in [7, 11) is 0. The third-order valence-corrected chi connectivity index (χ3v) is 2.68. The Kier molecular flexibility index (Phi) is 2.16. The summed E-state index contributed by atoms with van der Waals surface area (Å²) < 4.78 is 0. The van der Waals surface area contributed by atoms with Crippen LogP contribution in [0.4, 0.5) is 5.00 Å². The quantitative estimate of drug-likeness (QED) is 0.694. The van der Waals surface area contributed by atoms with Crippen molar-refractivity contribution in [1.29, 1.82) is 5.26 Å². The van der Waals surface area contributed by atoms with E-state index in [1.54, 1.807) is 0 Å². The molecule has 0 spiro atoms. The number of aryl methyl sites for hydroxylation is 1. The largest absolute Gasteiger partial charge is 0.389 e. The SMILES string of the molecule is CCc1c(C)sc(N)c1C#N. The Labute approximate surface area is 70.3 Å². The molecule has 2 N–H and O–H groups in total. The maximum Gasteiger partial charge on any atom is 0.104 e. The molecule has 0 aromatic carbocycles. The highest BCUT2D eigenvalue weighted by Crippen LogP contribution is 2.29. The maximum atomic E-state index is 8.72. The van der Waals surface area contributed by atoms with Gasteiger partial charge in [-0.15, -0.1) is 11.3 Å². The lowest BCUT2D eigenvalue weighted by Gasteiger charge is -1.92. The molecule has 0 aliphatic heterocycles. The molecule has 2 nitrogen and oxygen atoms in total. The summed E-state index contributed by atoms with van der Waals surface area (Å²) in [6.45, 7) is 4.04. The number of nitrogen functional groups attached to an aromatic ring is 1. The zero-order chi connectivity index (χ0) is 8.43. The van der Waals surface area contributed by atoms with Crippen LogP contribution in [0.5, 0.6) is 0 Å². The normalized spacial score (nSPS) is 9.55. The lowest BCUT2D eigenvalue weighted by Crippen LogP contribution is -1.87. The minimum absolute atomic E-state index is 0.654. The number of nitriles is 1. The van der Waals surface area contributed by atoms with Crippen molar-refractivity contribution >= 4 is 16.3 Å². The Morgan fingerprint density at radius 2 is 2.27 bits per heavy atom. The van der Waals surface area contributed by atoms with Gasteiger partial charge in [-0.2, -0.15) is 5.26 Å². The molecule has 1 aromatic rings. The second kappa shape index (κ2) is 2.93. The fraction of sp³-hybridized carbons (Fsp3) is 0.375. The van der Waals surface area contributed by atoms with Gasteiger partial charge >= 0.3 is 0 Å². The van der Waals surface area contributed by atoms with Crippen LogP contribution in [0.25, 0.3) is 0 Å². The first kappa shape index (κ1) is 8.09. The Morgan fingerprint density at radius 3 is 2.64 bits per heavy atom. The summed E-state index contributed by atoms with van der Waals surface area (Å²) in [5.41, 5.74) is 7.41. The summed E-state index contributed by atoms with van der Waals surface area (Å²) in [6.07, 6.45) is 0.891. The van der Waals surface area contributed by atoms with Gasteiger partial charge in [-0.3, -0.25) is 0 Å². The molecule has 0 fully saturated rings. The molecule has 0 atom stereocenters. The van der Waals surface area contributed by atoms with Crippen LogP contribution in [0, 0.1) is 18.3 Å². The van der Waals surface area contributed by atoms with Gasteiger partial charge in [0.2, 0.25) is 0 Å². The van der Waals surface area contributed by atoms with E-state index < -0.39 is 0 Å². The van der Waals surface area contributed by atoms with Crippen LogP contribution in [0.1, 0.15) is 22.9 Å². The average molecular weight is 166 g/mol. The number of hydrogen-bond acceptors (Lipinski definition) is 3. The smallest absolute Gasteiger partial charge is 0.104 e. The fourth-order valence-corrected chi connectivity index (χ4v) is 2.12. The number of nitrogens with zero attached hydrogens (tertiary/aromatic N) is 1. The molecule has 58 valence electrons. The highest BCUT2D eigenvalue weighted by Gasteiger charge is 2.10. The van der Waals surface area contributed by atoms with Gasteiger partial charge in [0.25, 0.3) is 0 Å². The minimum Gasteiger partial charge on any atom is -0.389 e. The first-order chi connectivity index (χ1) is 5.20. The number of hydrogen-bond donors (Lipinski definition) is 1. The number of anilines is 1. The molecule has 0 aliphatic rings. The van der Waals surface area contributed by atoms with E-state index in [9.17, 15) is 0 Å². The third-order valence-electron chi connectivity index (χ3n) is 1.70. The highest BCUT2D eigenvalue weighted by atomic mass is 32.1. The molecular formula is C8H10N2S. The topological polar surface area (TPSA) is 49.8 Å². The van der Waals surface area contributed by atoms with Crippen LogP contribution in [-0.4, -0.2) is 0 Å². The Balaban J connectivity index is 3.31. The molecule has 0 unspecified atom stereocenters. The first-order valence-corrected chi connectivity index (χ1v) is 4.30. The van der Waals surface area contributed by atoms with E-state index in [2.05, 4.69) is 6.07 Å². The van der Waals surface area contributed by atoms with Crippen molar-refractivity contribution in [2.75, 3.05) is 5.73 Å². The predicted molar refractivity (Wildman–Crippen MR) is 47.6 cm³/mol. The molecule has 0 amide bonds. The fourth-order valence-electron chi connectivity index (χ4n) is 1.15. The van der Waals surface area contributed by atoms with Gasteiger partial charge < -0.3 is 5.73 Å². The van der Waals surface area contributed by atoms with Crippen LogP contribution < -0.4 is 5.73 Å². The van der Waals surface area contributed by atoms with Gasteiger partial charge in [0.1, 0.15) is 11.1 Å². The zero-order valence-electron chi connectivity index (χ0n) is 6.64. The Bertz CT molecular complexity index is 307. The van der Waals surface area contributed by atoms with E-state index in [4.69, 9.17) is 11.0 Å². The molecule has 0 saturated heterocycles. The average Bonchev–Trinajstić information content (AvgIpc) is 2.24. The predicted octanol–water partition coefficient (Wildman–Crippen LogP) is 2.07. The van der Waals surface area contributed by atoms with Crippen molar-refractivity contribution < 1.29 is 0 Å². The number of nitrogens with two attached hydrogens (primary N) is 1. The van der Waals surface area contributed by atoms with Crippen LogP contribution in [0.3, 0.4) is 0 Å². The summed E-state index contributed by atoms with van der Waals surface area (Å²) in [6, 6.07) is 2.12. The minimum atomic E-state index is 0.654. The molecule has 1 heterocycles. The summed E-state index contributed by atoms with van der Waals surface area (Å²) in [5.74, 6) is 0. The van der Waals surface area contributed by atoms with E-state index in [-0.39, 0.29) is 0 Å². The number of thiophene rings is 1. The zero-order valence-corrected chi connectivity index (χ0v) is 7.46. The molecule has 1 aromatic heterocycles. The molecule has 3 heteroatoms. The van der Waals surface area contributed by atoms with E-state index in [0.29, 0.717) is 10.6 Å². The van der Waals surface area contributed by atoms with Gasteiger partial charge in [0.05, 0.1) is 5.56 Å². The van der Waals surface area contributed by atoms with E-state index >= 15 is 0 Å². The number of rotatable bonds is 1. The standard InChI is InChI=1S/C8H10N2S/c1-3-6-5(2)11-8(10)7(6)4-9/h3,10H2,1-2H3. The van der Waals surface area contributed by atoms with Crippen LogP contribution in [0.2, 0.25) is 0 Å². The van der Waals surface area contributed by atoms with Crippen LogP contribution in [0.15, 0.2) is 0 Å². The van der Waals surface area contributed by atoms with Gasteiger partial charge in [-0.25, -0.2) is 0 Å². The Hall–Kier alpha value is -1.01. The van der Waals surface area contributed by atoms with Crippen molar-refractivity contribution in [2.24, 2.45) is 0 Å². The monoisotopic (exact) mass is 166 g/mol. The van der Waals surface area contributed by atoms with Crippen molar-refractivity contribution in [1.82, 2.24) is 0 Å². The van der Waals surface area contributed by atoms with Gasteiger partial charge in [0.15, 0.2) is 0 Å². The van der Waals surface area contributed by atoms with E-state index in [0.717, 1.165) is 12.0 Å². The summed E-state index contributed by atoms with van der Waals surface area (Å²) in [4.78, 5) is 1.17. The molecule has 1 rings (SSSR count). The van der Waals surface area contributed by atoms with Gasteiger partial charge in [-0.1, -0.05) is 6.92 Å². The van der Waals surface area contributed by atoms with Crippen LogP contribution >= 0.6 is 11.3 Å². The van der Waals surface area contributed by atoms with Crippen molar-refractivity contribution in [3.05, 3.63) is 16.0 Å². The Morgan fingerprint density at radius 1 is 1.64 bits per heavy atom. The second-order valence-electron chi connectivity index (χ2n) is 2.34. The molecule has 0 radical (unpaired) electrons. The van der Waals surface area contributed by atoms with Crippen molar-refractivity contribution in [2.45, 2.75) is 20.3 Å². The van der Waals surface area contributed by atoms with Gasteiger partial charge in [-0.05, 0) is 18.9 Å². The summed E-state index contributed by atoms with van der Waals surface area (Å²) in [5, 5.41) is 9.37. The van der Waals surface area contributed by atoms with E-state index in [1.165, 1.54) is 16.2 Å². The lowest BCUT2D eigenvalue weighted by molar-refractivity contribution is 1.12. The molecule has 0 bridgehead atoms. The lowest BCUT2D eigenvalue weighted by atomic mass is 10.1. The summed E-state index contributed by atoms with van der Waals surface area (Å²) >= 11 is 1.50. The highest BCUT2D eigenvalue weighted by molar-refractivity contribution is 7.16. The molecule has 11 heavy (non-hydrogen) atoms. The third kappa shape index (κ3) is 1.22. The first-order valence-electron chi connectivity index (χ1n) is 3.48. The molecular weight excluding hydrogens is 156 g/mol. The van der Waals surface area contributed by atoms with Crippen molar-refractivity contribution in [3.8, 4) is 6.07 Å². The maximum absolute atomic E-state index is 8.72. The van der Waals surface area contributed by atoms with Crippen LogP contribution in [-0.2, 0) is 6.42 Å². The molecule has 0 saturated carbocycles. The second-order valence-corrected chi connectivity index (χ2v) is 3.60. The van der Waals surface area contributed by atoms with Crippen molar-refractivity contribution in [3.63, 3.8) is 0 Å². The van der Waals surface area contributed by atoms with Gasteiger partial charge in [0, 0.05) is 4.88 Å².